The zero-order valence-corrected chi connectivity index (χ0v) is 46.7. The van der Waals surface area contributed by atoms with Gasteiger partial charge in [-0.05, 0) is 145 Å². The van der Waals surface area contributed by atoms with Gasteiger partial charge in [0.1, 0.15) is 11.2 Å². The molecule has 2 aliphatic heterocycles. The summed E-state index contributed by atoms with van der Waals surface area (Å²) in [4.78, 5) is 5.15. The molecule has 0 fully saturated rings. The predicted octanol–water partition coefficient (Wildman–Crippen LogP) is 18.9. The molecule has 2 aliphatic rings. The summed E-state index contributed by atoms with van der Waals surface area (Å²) in [5.74, 6) is 0. The van der Waals surface area contributed by atoms with Crippen molar-refractivity contribution < 1.29 is 4.42 Å². The smallest absolute Gasteiger partial charge is 0.333 e. The number of hydrogen-bond donors (Lipinski definition) is 0. The van der Waals surface area contributed by atoms with Gasteiger partial charge in [-0.1, -0.05) is 168 Å². The average molecular weight is 1010 g/mol. The summed E-state index contributed by atoms with van der Waals surface area (Å²) in [6, 6.07) is 65.2. The van der Waals surface area contributed by atoms with Gasteiger partial charge in [0.2, 0.25) is 0 Å². The van der Waals surface area contributed by atoms with Crippen molar-refractivity contribution >= 4 is 121 Å². The molecule has 4 nitrogen and oxygen atoms in total. The predicted molar refractivity (Wildman–Crippen MR) is 329 cm³/mol. The molecule has 5 heterocycles. The van der Waals surface area contributed by atoms with Crippen LogP contribution in [0.3, 0.4) is 0 Å². The maximum Gasteiger partial charge on any atom is 0.333 e. The molecule has 0 aliphatic carbocycles. The Bertz CT molecular complexity index is 4310. The van der Waals surface area contributed by atoms with Gasteiger partial charge in [0.15, 0.2) is 0 Å². The second kappa shape index (κ2) is 16.0. The Morgan fingerprint density at radius 2 is 1.03 bits per heavy atom. The van der Waals surface area contributed by atoms with Crippen LogP contribution in [0.25, 0.3) is 80.7 Å². The minimum atomic E-state index is -0.191. The first-order valence-corrected chi connectivity index (χ1v) is 28.0. The second-order valence-corrected chi connectivity index (χ2v) is 26.9. The third kappa shape index (κ3) is 6.95. The topological polar surface area (TPSA) is 24.6 Å². The summed E-state index contributed by atoms with van der Waals surface area (Å²) < 4.78 is 12.6. The number of benzene rings is 9. The fourth-order valence-corrected chi connectivity index (χ4v) is 13.8. The number of fused-ring (bicyclic) bond motifs is 16. The Morgan fingerprint density at radius 3 is 1.66 bits per heavy atom. The van der Waals surface area contributed by atoms with E-state index in [1.54, 1.807) is 0 Å². The fraction of sp³-hybridized carbons (Fsp3) is 0.229. The van der Waals surface area contributed by atoms with Crippen molar-refractivity contribution in [2.24, 2.45) is 0 Å². The first kappa shape index (κ1) is 47.0. The van der Waals surface area contributed by atoms with Crippen molar-refractivity contribution in [3.8, 4) is 16.8 Å². The number of furan rings is 1. The van der Waals surface area contributed by atoms with E-state index < -0.39 is 0 Å². The first-order valence-electron chi connectivity index (χ1n) is 27.2. The molecular formula is C70H64BN3OS. The van der Waals surface area contributed by atoms with Gasteiger partial charge in [0.05, 0.1) is 16.4 Å². The Kier molecular flexibility index (Phi) is 9.89. The maximum absolute atomic E-state index is 7.35. The number of nitrogens with zero attached hydrogens (tertiary/aromatic N) is 3. The van der Waals surface area contributed by atoms with E-state index in [2.05, 4.69) is 267 Å². The van der Waals surface area contributed by atoms with Crippen LogP contribution in [0.4, 0.5) is 28.4 Å². The van der Waals surface area contributed by atoms with E-state index in [1.807, 2.05) is 11.3 Å². The van der Waals surface area contributed by atoms with Crippen LogP contribution in [-0.4, -0.2) is 11.4 Å². The SMILES string of the molecule is CC(C)(C)c1ccc(N2B3c4ccc(N(c5ccc(C(C)(C)C)cc5)c5ccc(C(C)(C)C)cc5)cc4-n4c5ccc(C(C)(C)C)cc5c5c6oc7ccccc7c6c(c3c54)-c3cc4c(cc32)sc2ccccc24)cc1. The summed E-state index contributed by atoms with van der Waals surface area (Å²) in [6.07, 6.45) is 0. The lowest BCUT2D eigenvalue weighted by Crippen LogP contribution is -2.60. The number of para-hydroxylation sites is 1. The van der Waals surface area contributed by atoms with Crippen LogP contribution >= 0.6 is 11.3 Å². The van der Waals surface area contributed by atoms with E-state index >= 15 is 0 Å². The van der Waals surface area contributed by atoms with Gasteiger partial charge in [-0.25, -0.2) is 0 Å². The highest BCUT2D eigenvalue weighted by molar-refractivity contribution is 7.25. The van der Waals surface area contributed by atoms with Crippen molar-refractivity contribution in [2.75, 3.05) is 9.71 Å². The van der Waals surface area contributed by atoms with Gasteiger partial charge in [0, 0.05) is 76.0 Å². The molecule has 0 bridgehead atoms. The molecule has 0 saturated heterocycles. The van der Waals surface area contributed by atoms with Gasteiger partial charge in [-0.3, -0.25) is 0 Å². The molecule has 0 unspecified atom stereocenters. The summed E-state index contributed by atoms with van der Waals surface area (Å²) >= 11 is 1.89. The molecule has 12 aromatic rings. The van der Waals surface area contributed by atoms with Crippen LogP contribution in [0.2, 0.25) is 0 Å². The maximum atomic E-state index is 7.35. The lowest BCUT2D eigenvalue weighted by atomic mass is 9.43. The second-order valence-electron chi connectivity index (χ2n) is 25.8. The molecule has 6 heteroatoms. The monoisotopic (exact) mass is 1010 g/mol. The van der Waals surface area contributed by atoms with Crippen molar-refractivity contribution in [3.63, 3.8) is 0 Å². The molecule has 0 spiro atoms. The van der Waals surface area contributed by atoms with Crippen LogP contribution < -0.4 is 20.6 Å². The normalized spacial score (nSPS) is 13.7. The summed E-state index contributed by atoms with van der Waals surface area (Å²) in [5, 5.41) is 7.31. The Hall–Kier alpha value is -7.54. The zero-order chi connectivity index (χ0) is 52.5. The Balaban J connectivity index is 1.14. The highest BCUT2D eigenvalue weighted by atomic mass is 32.1. The molecule has 3 aromatic heterocycles. The summed E-state index contributed by atoms with van der Waals surface area (Å²) in [5.41, 5.74) is 21.4. The van der Waals surface area contributed by atoms with E-state index in [0.717, 1.165) is 33.6 Å². The first-order chi connectivity index (χ1) is 36.2. The number of thiophene rings is 1. The summed E-state index contributed by atoms with van der Waals surface area (Å²) in [6.45, 7) is 27.5. The number of anilines is 5. The van der Waals surface area contributed by atoms with Gasteiger partial charge < -0.3 is 18.7 Å². The molecule has 0 saturated carbocycles. The van der Waals surface area contributed by atoms with Crippen LogP contribution in [0.5, 0.6) is 0 Å². The molecular weight excluding hydrogens is 942 g/mol. The standard InChI is InChI=1S/C70H64BN3OS/c1-67(2,3)41-21-28-45(29-22-41)72(46-30-23-42(24-31-46)68(4,5)6)48-34-35-54-57(38-48)73-55-36-27-44(70(10,11)12)37-52(55)63-65(73)64-61(62-50-18-13-15-19-58(50)75-66(62)63)53-39-51-49-17-14-16-20-59(49)76-60(51)40-56(53)74(71(54)64)47-32-25-43(26-33-47)69(7,8)9/h13-40H,1-12H3. The molecule has 374 valence electrons. The highest BCUT2D eigenvalue weighted by Crippen LogP contribution is 2.54. The lowest BCUT2D eigenvalue weighted by molar-refractivity contribution is 0.590. The van der Waals surface area contributed by atoms with Crippen molar-refractivity contribution in [3.05, 3.63) is 192 Å². The molecule has 14 rings (SSSR count). The zero-order valence-electron chi connectivity index (χ0n) is 45.9. The van der Waals surface area contributed by atoms with E-state index in [-0.39, 0.29) is 28.5 Å². The van der Waals surface area contributed by atoms with Crippen molar-refractivity contribution in [1.29, 1.82) is 0 Å². The van der Waals surface area contributed by atoms with Crippen LogP contribution in [-0.2, 0) is 21.7 Å². The number of hydrogen-bond acceptors (Lipinski definition) is 4. The third-order valence-electron chi connectivity index (χ3n) is 16.8. The summed E-state index contributed by atoms with van der Waals surface area (Å²) in [7, 11) is 0. The van der Waals surface area contributed by atoms with Crippen molar-refractivity contribution in [2.45, 2.75) is 105 Å². The van der Waals surface area contributed by atoms with E-state index in [4.69, 9.17) is 4.42 Å². The fourth-order valence-electron chi connectivity index (χ4n) is 12.7. The van der Waals surface area contributed by atoms with Crippen LogP contribution in [0, 0.1) is 0 Å². The molecule has 76 heavy (non-hydrogen) atoms. The highest BCUT2D eigenvalue weighted by Gasteiger charge is 2.46. The average Bonchev–Trinajstić information content (AvgIpc) is 3.95. The van der Waals surface area contributed by atoms with Gasteiger partial charge in [0.25, 0.3) is 0 Å². The largest absolute Gasteiger partial charge is 0.455 e. The Labute approximate surface area is 451 Å². The third-order valence-corrected chi connectivity index (χ3v) is 17.9. The quantitative estimate of drug-likeness (QED) is 0.164. The van der Waals surface area contributed by atoms with E-state index in [9.17, 15) is 0 Å². The van der Waals surface area contributed by atoms with E-state index in [1.165, 1.54) is 109 Å². The molecule has 0 radical (unpaired) electrons. The minimum Gasteiger partial charge on any atom is -0.455 e. The van der Waals surface area contributed by atoms with E-state index in [0.29, 0.717) is 0 Å². The Morgan fingerprint density at radius 1 is 0.461 bits per heavy atom. The molecule has 0 amide bonds. The van der Waals surface area contributed by atoms with Crippen LogP contribution in [0.15, 0.2) is 174 Å². The van der Waals surface area contributed by atoms with Crippen molar-refractivity contribution in [1.82, 2.24) is 4.57 Å². The number of aromatic nitrogens is 1. The number of rotatable bonds is 4. The van der Waals surface area contributed by atoms with Gasteiger partial charge in [-0.2, -0.15) is 0 Å². The molecule has 0 N–H and O–H groups in total. The lowest BCUT2D eigenvalue weighted by Gasteiger charge is -2.42. The van der Waals surface area contributed by atoms with Crippen LogP contribution in [0.1, 0.15) is 105 Å². The molecule has 9 aromatic carbocycles. The minimum absolute atomic E-state index is 0.000966. The van der Waals surface area contributed by atoms with Gasteiger partial charge >= 0.3 is 6.85 Å². The molecule has 0 atom stereocenters. The van der Waals surface area contributed by atoms with Gasteiger partial charge in [-0.15, -0.1) is 11.3 Å².